The lowest BCUT2D eigenvalue weighted by atomic mass is 10.3. The molecule has 0 N–H and O–H groups in total. The van der Waals surface area contributed by atoms with Crippen molar-refractivity contribution < 1.29 is 14.3 Å². The topological polar surface area (TPSA) is 87.5 Å². The number of nitrogens with zero attached hydrogens (tertiary/aromatic N) is 4. The average Bonchev–Trinajstić information content (AvgIpc) is 2.47. The Kier molecular flexibility index (Phi) is 4.60. The minimum atomic E-state index is -0.0533. The highest BCUT2D eigenvalue weighted by Gasteiger charge is 2.16. The lowest BCUT2D eigenvalue weighted by Crippen LogP contribution is -2.42. The third kappa shape index (κ3) is 3.87. The highest BCUT2D eigenvalue weighted by molar-refractivity contribution is 5.77. The SMILES string of the molecule is [N-]=[N+]=Nc1ccc(OCC(=O)N2CCOCC2)cc1. The third-order valence-electron chi connectivity index (χ3n) is 2.72. The third-order valence-corrected chi connectivity index (χ3v) is 2.72. The highest BCUT2D eigenvalue weighted by Crippen LogP contribution is 2.18. The molecular weight excluding hydrogens is 248 g/mol. The lowest BCUT2D eigenvalue weighted by Gasteiger charge is -2.26. The fourth-order valence-electron chi connectivity index (χ4n) is 1.71. The number of benzene rings is 1. The van der Waals surface area contributed by atoms with Gasteiger partial charge in [0.25, 0.3) is 5.91 Å². The molecule has 100 valence electrons. The summed E-state index contributed by atoms with van der Waals surface area (Å²) in [5.41, 5.74) is 8.78. The first-order chi connectivity index (χ1) is 9.29. The largest absolute Gasteiger partial charge is 0.484 e. The number of rotatable bonds is 4. The van der Waals surface area contributed by atoms with E-state index in [-0.39, 0.29) is 12.5 Å². The minimum absolute atomic E-state index is 0.000858. The molecule has 1 aliphatic rings. The molecule has 1 aromatic carbocycles. The highest BCUT2D eigenvalue weighted by atomic mass is 16.5. The van der Waals surface area contributed by atoms with Crippen LogP contribution in [-0.2, 0) is 9.53 Å². The summed E-state index contributed by atoms with van der Waals surface area (Å²) in [5, 5.41) is 3.45. The van der Waals surface area contributed by atoms with Crippen LogP contribution in [0.1, 0.15) is 0 Å². The van der Waals surface area contributed by atoms with Gasteiger partial charge in [-0.05, 0) is 29.8 Å². The molecule has 0 bridgehead atoms. The summed E-state index contributed by atoms with van der Waals surface area (Å²) in [6, 6.07) is 6.59. The van der Waals surface area contributed by atoms with Crippen LogP contribution < -0.4 is 4.74 Å². The Morgan fingerprint density at radius 2 is 2.05 bits per heavy atom. The summed E-state index contributed by atoms with van der Waals surface area (Å²) < 4.78 is 10.6. The molecule has 0 aromatic heterocycles. The minimum Gasteiger partial charge on any atom is -0.484 e. The van der Waals surface area contributed by atoms with Gasteiger partial charge in [0.05, 0.1) is 13.2 Å². The number of morpholine rings is 1. The van der Waals surface area contributed by atoms with Crippen LogP contribution in [0.4, 0.5) is 5.69 Å². The van der Waals surface area contributed by atoms with E-state index >= 15 is 0 Å². The molecule has 0 aliphatic carbocycles. The number of hydrogen-bond acceptors (Lipinski definition) is 4. The van der Waals surface area contributed by atoms with Crippen molar-refractivity contribution in [3.8, 4) is 5.75 Å². The Hall–Kier alpha value is -2.24. The van der Waals surface area contributed by atoms with Gasteiger partial charge in [-0.1, -0.05) is 5.11 Å². The maximum atomic E-state index is 11.8. The van der Waals surface area contributed by atoms with Crippen molar-refractivity contribution in [1.29, 1.82) is 0 Å². The number of hydrogen-bond donors (Lipinski definition) is 0. The summed E-state index contributed by atoms with van der Waals surface area (Å²) in [5.74, 6) is 0.515. The van der Waals surface area contributed by atoms with Crippen molar-refractivity contribution in [2.24, 2.45) is 5.11 Å². The molecule has 0 atom stereocenters. The number of carbonyl (C=O) groups excluding carboxylic acids is 1. The first-order valence-electron chi connectivity index (χ1n) is 5.93. The van der Waals surface area contributed by atoms with Crippen LogP contribution in [-0.4, -0.2) is 43.7 Å². The molecule has 1 heterocycles. The molecule has 1 fully saturated rings. The molecule has 1 saturated heterocycles. The predicted molar refractivity (Wildman–Crippen MR) is 68.1 cm³/mol. The molecule has 0 saturated carbocycles. The average molecular weight is 262 g/mol. The molecule has 2 rings (SSSR count). The van der Waals surface area contributed by atoms with Crippen LogP contribution >= 0.6 is 0 Å². The van der Waals surface area contributed by atoms with Crippen molar-refractivity contribution >= 4 is 11.6 Å². The summed E-state index contributed by atoms with van der Waals surface area (Å²) in [7, 11) is 0. The molecule has 1 amide bonds. The molecule has 1 aromatic rings. The molecule has 0 unspecified atom stereocenters. The van der Waals surface area contributed by atoms with E-state index in [1.807, 2.05) is 0 Å². The Bertz CT molecular complexity index is 476. The standard InChI is InChI=1S/C12H14N4O3/c13-15-14-10-1-3-11(4-2-10)19-9-12(17)16-5-7-18-8-6-16/h1-4H,5-9H2. The van der Waals surface area contributed by atoms with Gasteiger partial charge in [-0.25, -0.2) is 0 Å². The van der Waals surface area contributed by atoms with Crippen LogP contribution in [0.25, 0.3) is 10.4 Å². The number of carbonyl (C=O) groups is 1. The molecule has 7 heteroatoms. The van der Waals surface area contributed by atoms with E-state index in [9.17, 15) is 4.79 Å². The van der Waals surface area contributed by atoms with E-state index in [2.05, 4.69) is 10.0 Å². The zero-order valence-electron chi connectivity index (χ0n) is 10.4. The van der Waals surface area contributed by atoms with Gasteiger partial charge in [0.2, 0.25) is 0 Å². The van der Waals surface area contributed by atoms with Gasteiger partial charge in [-0.2, -0.15) is 0 Å². The maximum Gasteiger partial charge on any atom is 0.260 e. The molecule has 0 radical (unpaired) electrons. The van der Waals surface area contributed by atoms with Crippen molar-refractivity contribution in [2.75, 3.05) is 32.9 Å². The quantitative estimate of drug-likeness (QED) is 0.471. The zero-order chi connectivity index (χ0) is 13.5. The fourth-order valence-corrected chi connectivity index (χ4v) is 1.71. The summed E-state index contributed by atoms with van der Waals surface area (Å²) in [6.45, 7) is 2.37. The second kappa shape index (κ2) is 6.63. The van der Waals surface area contributed by atoms with E-state index < -0.39 is 0 Å². The Balaban J connectivity index is 1.84. The number of ether oxygens (including phenoxy) is 2. The predicted octanol–water partition coefficient (Wildman–Crippen LogP) is 1.87. The molecule has 1 aliphatic heterocycles. The molecule has 19 heavy (non-hydrogen) atoms. The summed E-state index contributed by atoms with van der Waals surface area (Å²) in [4.78, 5) is 16.2. The van der Waals surface area contributed by atoms with Gasteiger partial charge in [0.15, 0.2) is 6.61 Å². The second-order valence-corrected chi connectivity index (χ2v) is 3.97. The van der Waals surface area contributed by atoms with E-state index in [0.717, 1.165) is 0 Å². The van der Waals surface area contributed by atoms with Gasteiger partial charge >= 0.3 is 0 Å². The Morgan fingerprint density at radius 1 is 1.37 bits per heavy atom. The van der Waals surface area contributed by atoms with Crippen LogP contribution in [0.5, 0.6) is 5.75 Å². The first-order valence-corrected chi connectivity index (χ1v) is 5.93. The van der Waals surface area contributed by atoms with Crippen LogP contribution in [0.15, 0.2) is 29.4 Å². The fraction of sp³-hybridized carbons (Fsp3) is 0.417. The van der Waals surface area contributed by atoms with Crippen LogP contribution in [0.2, 0.25) is 0 Å². The summed E-state index contributed by atoms with van der Waals surface area (Å²) >= 11 is 0. The van der Waals surface area contributed by atoms with E-state index in [0.29, 0.717) is 37.7 Å². The zero-order valence-corrected chi connectivity index (χ0v) is 10.4. The summed E-state index contributed by atoms with van der Waals surface area (Å²) in [6.07, 6.45) is 0. The smallest absolute Gasteiger partial charge is 0.260 e. The van der Waals surface area contributed by atoms with Crippen molar-refractivity contribution in [2.45, 2.75) is 0 Å². The lowest BCUT2D eigenvalue weighted by molar-refractivity contribution is -0.137. The Labute approximate surface area is 110 Å². The Morgan fingerprint density at radius 3 is 2.68 bits per heavy atom. The normalized spacial score (nSPS) is 14.6. The van der Waals surface area contributed by atoms with E-state index in [1.165, 1.54) is 0 Å². The monoisotopic (exact) mass is 262 g/mol. The van der Waals surface area contributed by atoms with Crippen molar-refractivity contribution in [1.82, 2.24) is 4.90 Å². The van der Waals surface area contributed by atoms with E-state index in [1.54, 1.807) is 29.2 Å². The van der Waals surface area contributed by atoms with E-state index in [4.69, 9.17) is 15.0 Å². The molecule has 0 spiro atoms. The molecular formula is C12H14N4O3. The van der Waals surface area contributed by atoms with Gasteiger partial charge in [0, 0.05) is 23.7 Å². The maximum absolute atomic E-state index is 11.8. The van der Waals surface area contributed by atoms with Crippen molar-refractivity contribution in [3.63, 3.8) is 0 Å². The van der Waals surface area contributed by atoms with Gasteiger partial charge in [-0.15, -0.1) is 0 Å². The first kappa shape index (κ1) is 13.2. The van der Waals surface area contributed by atoms with Gasteiger partial charge in [-0.3, -0.25) is 4.79 Å². The van der Waals surface area contributed by atoms with Crippen molar-refractivity contribution in [3.05, 3.63) is 34.7 Å². The molecule has 7 nitrogen and oxygen atoms in total. The van der Waals surface area contributed by atoms with Gasteiger partial charge in [0.1, 0.15) is 5.75 Å². The van der Waals surface area contributed by atoms with Gasteiger partial charge < -0.3 is 14.4 Å². The number of azide groups is 1. The van der Waals surface area contributed by atoms with Crippen LogP contribution in [0.3, 0.4) is 0 Å². The number of amides is 1. The van der Waals surface area contributed by atoms with Crippen LogP contribution in [0, 0.1) is 0 Å². The second-order valence-electron chi connectivity index (χ2n) is 3.97.